The first-order valence-corrected chi connectivity index (χ1v) is 8.46. The largest absolute Gasteiger partial charge is 0.382 e. The Morgan fingerprint density at radius 1 is 1.18 bits per heavy atom. The van der Waals surface area contributed by atoms with Gasteiger partial charge in [0.05, 0.1) is 5.71 Å². The van der Waals surface area contributed by atoms with Crippen molar-refractivity contribution in [3.05, 3.63) is 80.9 Å². The van der Waals surface area contributed by atoms with Gasteiger partial charge >= 0.3 is 0 Å². The molecule has 136 valence electrons. The van der Waals surface area contributed by atoms with Crippen LogP contribution in [0.5, 0.6) is 0 Å². The van der Waals surface area contributed by atoms with Crippen molar-refractivity contribution < 1.29 is 0 Å². The van der Waals surface area contributed by atoms with Gasteiger partial charge in [-0.1, -0.05) is 29.8 Å². The van der Waals surface area contributed by atoms with Crippen LogP contribution >= 0.6 is 11.6 Å². The SMILES string of the molecule is C/C(=N\n1c(N)c(C#N)c(-c2ccc(Cl)cc2)c(C#N)c1=O)c1cccnc1. The van der Waals surface area contributed by atoms with Gasteiger partial charge in [-0.3, -0.25) is 9.78 Å². The van der Waals surface area contributed by atoms with E-state index in [1.807, 2.05) is 12.1 Å². The topological polar surface area (TPSA) is 121 Å². The average Bonchev–Trinajstić information content (AvgIpc) is 2.72. The number of nitrogens with two attached hydrogens (primary N) is 1. The van der Waals surface area contributed by atoms with Crippen molar-refractivity contribution >= 4 is 23.1 Å². The number of nitrogen functional groups attached to an aromatic ring is 1. The van der Waals surface area contributed by atoms with Crippen molar-refractivity contribution in [1.82, 2.24) is 9.66 Å². The quantitative estimate of drug-likeness (QED) is 0.690. The zero-order valence-corrected chi connectivity index (χ0v) is 15.5. The van der Waals surface area contributed by atoms with Crippen molar-refractivity contribution in [3.63, 3.8) is 0 Å². The van der Waals surface area contributed by atoms with Gasteiger partial charge in [-0.15, -0.1) is 0 Å². The van der Waals surface area contributed by atoms with E-state index in [2.05, 4.69) is 10.1 Å². The molecule has 2 N–H and O–H groups in total. The van der Waals surface area contributed by atoms with Gasteiger partial charge in [0.2, 0.25) is 0 Å². The molecule has 1 aromatic carbocycles. The number of anilines is 1. The lowest BCUT2D eigenvalue weighted by Crippen LogP contribution is -2.25. The van der Waals surface area contributed by atoms with Crippen LogP contribution in [-0.4, -0.2) is 15.4 Å². The molecule has 0 spiro atoms. The summed E-state index contributed by atoms with van der Waals surface area (Å²) in [4.78, 5) is 16.9. The fraction of sp³-hybridized carbons (Fsp3) is 0.0500. The lowest BCUT2D eigenvalue weighted by Gasteiger charge is -2.13. The van der Waals surface area contributed by atoms with Gasteiger partial charge in [-0.25, -0.2) is 0 Å². The van der Waals surface area contributed by atoms with Crippen LogP contribution < -0.4 is 11.3 Å². The second-order valence-electron chi connectivity index (χ2n) is 5.78. The zero-order valence-electron chi connectivity index (χ0n) is 14.7. The van der Waals surface area contributed by atoms with Gasteiger partial charge in [-0.05, 0) is 30.7 Å². The summed E-state index contributed by atoms with van der Waals surface area (Å²) in [6.45, 7) is 1.67. The molecule has 0 aliphatic heterocycles. The summed E-state index contributed by atoms with van der Waals surface area (Å²) >= 11 is 5.91. The van der Waals surface area contributed by atoms with Crippen molar-refractivity contribution in [2.45, 2.75) is 6.92 Å². The minimum atomic E-state index is -0.716. The molecule has 0 atom stereocenters. The van der Waals surface area contributed by atoms with E-state index in [0.29, 0.717) is 21.9 Å². The summed E-state index contributed by atoms with van der Waals surface area (Å²) in [6.07, 6.45) is 3.19. The third-order valence-electron chi connectivity index (χ3n) is 4.08. The molecule has 0 fully saturated rings. The Kier molecular flexibility index (Phi) is 5.21. The molecule has 0 radical (unpaired) electrons. The molecule has 0 bridgehead atoms. The van der Waals surface area contributed by atoms with Gasteiger partial charge in [0.15, 0.2) is 0 Å². The molecule has 2 aromatic heterocycles. The molecule has 7 nitrogen and oxygen atoms in total. The van der Waals surface area contributed by atoms with Crippen LogP contribution in [0.25, 0.3) is 11.1 Å². The molecule has 0 saturated carbocycles. The number of benzene rings is 1. The summed E-state index contributed by atoms with van der Waals surface area (Å²) in [5, 5.41) is 24.0. The maximum absolute atomic E-state index is 12.9. The molecule has 2 heterocycles. The lowest BCUT2D eigenvalue weighted by molar-refractivity contribution is 0.834. The van der Waals surface area contributed by atoms with Crippen LogP contribution in [0.4, 0.5) is 5.82 Å². The first-order chi connectivity index (χ1) is 13.5. The van der Waals surface area contributed by atoms with E-state index >= 15 is 0 Å². The number of halogens is 1. The molecule has 0 saturated heterocycles. The highest BCUT2D eigenvalue weighted by molar-refractivity contribution is 6.30. The normalized spacial score (nSPS) is 10.9. The van der Waals surface area contributed by atoms with Gasteiger partial charge in [0.25, 0.3) is 5.56 Å². The third kappa shape index (κ3) is 3.35. The monoisotopic (exact) mass is 388 g/mol. The molecule has 0 unspecified atom stereocenters. The summed E-state index contributed by atoms with van der Waals surface area (Å²) in [7, 11) is 0. The molecule has 28 heavy (non-hydrogen) atoms. The predicted octanol–water partition coefficient (Wildman–Crippen LogP) is 3.16. The average molecular weight is 389 g/mol. The lowest BCUT2D eigenvalue weighted by atomic mass is 9.96. The fourth-order valence-corrected chi connectivity index (χ4v) is 2.81. The van der Waals surface area contributed by atoms with Crippen molar-refractivity contribution in [2.24, 2.45) is 5.10 Å². The van der Waals surface area contributed by atoms with Crippen LogP contribution in [0.3, 0.4) is 0 Å². The highest BCUT2D eigenvalue weighted by Crippen LogP contribution is 2.30. The van der Waals surface area contributed by atoms with E-state index in [-0.39, 0.29) is 22.5 Å². The van der Waals surface area contributed by atoms with Crippen LogP contribution in [-0.2, 0) is 0 Å². The molecular weight excluding hydrogens is 376 g/mol. The zero-order chi connectivity index (χ0) is 20.3. The van der Waals surface area contributed by atoms with Gasteiger partial charge in [0, 0.05) is 28.5 Å². The van der Waals surface area contributed by atoms with Gasteiger partial charge in [-0.2, -0.15) is 20.3 Å². The Balaban J connectivity index is 2.31. The fourth-order valence-electron chi connectivity index (χ4n) is 2.69. The van der Waals surface area contributed by atoms with E-state index in [1.54, 1.807) is 55.7 Å². The van der Waals surface area contributed by atoms with E-state index in [1.165, 1.54) is 0 Å². The number of nitrogens with zero attached hydrogens (tertiary/aromatic N) is 5. The molecule has 0 aliphatic carbocycles. The highest BCUT2D eigenvalue weighted by atomic mass is 35.5. The Morgan fingerprint density at radius 3 is 2.43 bits per heavy atom. The second-order valence-corrected chi connectivity index (χ2v) is 6.22. The van der Waals surface area contributed by atoms with Crippen LogP contribution in [0, 0.1) is 22.7 Å². The number of rotatable bonds is 3. The number of hydrogen-bond acceptors (Lipinski definition) is 6. The summed E-state index contributed by atoms with van der Waals surface area (Å²) in [5.41, 5.74) is 6.92. The predicted molar refractivity (Wildman–Crippen MR) is 107 cm³/mol. The van der Waals surface area contributed by atoms with E-state index < -0.39 is 5.56 Å². The second kappa shape index (κ2) is 7.75. The minimum Gasteiger partial charge on any atom is -0.382 e. The Bertz CT molecular complexity index is 1220. The molecule has 0 aliphatic rings. The van der Waals surface area contributed by atoms with E-state index in [0.717, 1.165) is 4.68 Å². The first-order valence-electron chi connectivity index (χ1n) is 8.08. The minimum absolute atomic E-state index is 0.0128. The van der Waals surface area contributed by atoms with Crippen molar-refractivity contribution in [2.75, 3.05) is 5.73 Å². The number of nitriles is 2. The summed E-state index contributed by atoms with van der Waals surface area (Å²) < 4.78 is 0.874. The third-order valence-corrected chi connectivity index (χ3v) is 4.33. The van der Waals surface area contributed by atoms with Crippen LogP contribution in [0.1, 0.15) is 23.6 Å². The van der Waals surface area contributed by atoms with E-state index in [9.17, 15) is 15.3 Å². The maximum Gasteiger partial charge on any atom is 0.291 e. The van der Waals surface area contributed by atoms with Crippen LogP contribution in [0.15, 0.2) is 58.7 Å². The van der Waals surface area contributed by atoms with Gasteiger partial charge < -0.3 is 5.73 Å². The Hall–Kier alpha value is -3.94. The number of aromatic nitrogens is 2. The number of hydrogen-bond donors (Lipinski definition) is 1. The van der Waals surface area contributed by atoms with Crippen molar-refractivity contribution in [1.29, 1.82) is 10.5 Å². The standard InChI is InChI=1S/C20H13ClN6O/c1-12(14-3-2-8-25-11-14)26-27-19(24)16(9-22)18(17(10-23)20(27)28)13-4-6-15(21)7-5-13/h2-8,11H,24H2,1H3/b26-12+. The van der Waals surface area contributed by atoms with Gasteiger partial charge in [0.1, 0.15) is 29.1 Å². The Labute approximate surface area is 165 Å². The number of pyridine rings is 2. The maximum atomic E-state index is 12.9. The first kappa shape index (κ1) is 18.8. The molecule has 3 rings (SSSR count). The highest BCUT2D eigenvalue weighted by Gasteiger charge is 2.22. The summed E-state index contributed by atoms with van der Waals surface area (Å²) in [6, 6.07) is 13.8. The summed E-state index contributed by atoms with van der Waals surface area (Å²) in [5.74, 6) is -0.153. The molecular formula is C20H13ClN6O. The van der Waals surface area contributed by atoms with Crippen LogP contribution in [0.2, 0.25) is 5.02 Å². The van der Waals surface area contributed by atoms with E-state index in [4.69, 9.17) is 17.3 Å². The smallest absolute Gasteiger partial charge is 0.291 e. The molecule has 8 heteroatoms. The Morgan fingerprint density at radius 2 is 1.86 bits per heavy atom. The molecule has 0 amide bonds. The molecule has 3 aromatic rings. The van der Waals surface area contributed by atoms with Crippen molar-refractivity contribution in [3.8, 4) is 23.3 Å².